The van der Waals surface area contributed by atoms with E-state index in [1.165, 1.54) is 6.07 Å². The fourth-order valence-electron chi connectivity index (χ4n) is 3.13. The van der Waals surface area contributed by atoms with Gasteiger partial charge >= 0.3 is 0 Å². The Morgan fingerprint density at radius 3 is 2.52 bits per heavy atom. The van der Waals surface area contributed by atoms with Crippen LogP contribution in [-0.2, 0) is 0 Å². The lowest BCUT2D eigenvalue weighted by Gasteiger charge is -2.09. The third-order valence-electron chi connectivity index (χ3n) is 4.45. The molecule has 4 nitrogen and oxygen atoms in total. The summed E-state index contributed by atoms with van der Waals surface area (Å²) in [7, 11) is 0. The Morgan fingerprint density at radius 2 is 1.72 bits per heavy atom. The molecule has 1 amide bonds. The molecule has 1 aromatic heterocycles. The first kappa shape index (κ1) is 19.8. The highest BCUT2D eigenvalue weighted by Gasteiger charge is 2.16. The number of halogens is 3. The van der Waals surface area contributed by atoms with E-state index in [1.54, 1.807) is 30.3 Å². The van der Waals surface area contributed by atoms with Crippen LogP contribution in [0.2, 0.25) is 15.1 Å². The summed E-state index contributed by atoms with van der Waals surface area (Å²) < 4.78 is 5.95. The Hall–Kier alpha value is -2.53. The van der Waals surface area contributed by atoms with E-state index in [2.05, 4.69) is 10.3 Å². The molecule has 7 heteroatoms. The fraction of sp³-hybridized carbons (Fsp3) is 0.0909. The van der Waals surface area contributed by atoms with Gasteiger partial charge < -0.3 is 9.73 Å². The van der Waals surface area contributed by atoms with Gasteiger partial charge in [0.25, 0.3) is 5.91 Å². The molecule has 0 aliphatic rings. The van der Waals surface area contributed by atoms with Gasteiger partial charge in [-0.05, 0) is 67.4 Å². The lowest BCUT2D eigenvalue weighted by molar-refractivity contribution is 0.102. The van der Waals surface area contributed by atoms with Crippen LogP contribution in [0.4, 0.5) is 5.69 Å². The number of hydrogen-bond donors (Lipinski definition) is 1. The minimum absolute atomic E-state index is 0.281. The molecule has 0 spiro atoms. The smallest absolute Gasteiger partial charge is 0.257 e. The summed E-state index contributed by atoms with van der Waals surface area (Å²) in [5.41, 5.74) is 4.95. The predicted octanol–water partition coefficient (Wildman–Crippen LogP) is 7.32. The third-order valence-corrected chi connectivity index (χ3v) is 5.34. The Kier molecular flexibility index (Phi) is 5.26. The summed E-state index contributed by atoms with van der Waals surface area (Å²) in [6.45, 7) is 3.97. The number of oxazole rings is 1. The Morgan fingerprint density at radius 1 is 0.966 bits per heavy atom. The first-order chi connectivity index (χ1) is 13.8. The van der Waals surface area contributed by atoms with E-state index in [0.29, 0.717) is 37.8 Å². The van der Waals surface area contributed by atoms with Crippen molar-refractivity contribution in [2.24, 2.45) is 0 Å². The number of hydrogen-bond acceptors (Lipinski definition) is 3. The van der Waals surface area contributed by atoms with E-state index in [0.717, 1.165) is 16.6 Å². The average molecular weight is 446 g/mol. The summed E-state index contributed by atoms with van der Waals surface area (Å²) in [6.07, 6.45) is 0. The maximum atomic E-state index is 12.6. The first-order valence-electron chi connectivity index (χ1n) is 8.76. The van der Waals surface area contributed by atoms with Crippen molar-refractivity contribution in [1.82, 2.24) is 4.98 Å². The number of nitrogens with zero attached hydrogens (tertiary/aromatic N) is 1. The van der Waals surface area contributed by atoms with E-state index in [1.807, 2.05) is 26.0 Å². The first-order valence-corrected chi connectivity index (χ1v) is 9.89. The number of amides is 1. The number of benzene rings is 3. The fourth-order valence-corrected chi connectivity index (χ4v) is 3.70. The van der Waals surface area contributed by atoms with Crippen LogP contribution in [0.5, 0.6) is 0 Å². The molecule has 0 bridgehead atoms. The molecule has 1 N–H and O–H groups in total. The van der Waals surface area contributed by atoms with Crippen LogP contribution in [0, 0.1) is 13.8 Å². The molecule has 4 aromatic rings. The van der Waals surface area contributed by atoms with E-state index < -0.39 is 0 Å². The van der Waals surface area contributed by atoms with Gasteiger partial charge in [-0.3, -0.25) is 4.79 Å². The zero-order valence-electron chi connectivity index (χ0n) is 15.5. The molecule has 0 fully saturated rings. The van der Waals surface area contributed by atoms with Gasteiger partial charge in [0.1, 0.15) is 5.52 Å². The zero-order valence-corrected chi connectivity index (χ0v) is 17.8. The number of aryl methyl sites for hydroxylation is 2. The number of aromatic nitrogens is 1. The molecular weight excluding hydrogens is 431 g/mol. The SMILES string of the molecule is Cc1cc(C)c2oc(-c3cc(NC(=O)c4cc(Cl)ccc4Cl)ccc3Cl)nc2c1. The molecule has 0 radical (unpaired) electrons. The van der Waals surface area contributed by atoms with Crippen molar-refractivity contribution in [3.8, 4) is 11.5 Å². The van der Waals surface area contributed by atoms with Crippen LogP contribution in [0.25, 0.3) is 22.6 Å². The normalized spacial score (nSPS) is 11.1. The summed E-state index contributed by atoms with van der Waals surface area (Å²) in [5, 5.41) is 4.01. The van der Waals surface area contributed by atoms with E-state index in [-0.39, 0.29) is 11.5 Å². The highest BCUT2D eigenvalue weighted by Crippen LogP contribution is 2.34. The molecule has 0 atom stereocenters. The van der Waals surface area contributed by atoms with Gasteiger partial charge in [0.05, 0.1) is 21.2 Å². The van der Waals surface area contributed by atoms with Gasteiger partial charge in [0, 0.05) is 10.7 Å². The van der Waals surface area contributed by atoms with Gasteiger partial charge in [-0.2, -0.15) is 0 Å². The molecule has 146 valence electrons. The van der Waals surface area contributed by atoms with Gasteiger partial charge in [-0.15, -0.1) is 0 Å². The van der Waals surface area contributed by atoms with Crippen molar-refractivity contribution in [2.45, 2.75) is 13.8 Å². The standard InChI is InChI=1S/C22H15Cl3N2O2/c1-11-7-12(2)20-19(8-11)27-22(29-20)16-10-14(4-6-18(16)25)26-21(28)15-9-13(23)3-5-17(15)24/h3-10H,1-2H3,(H,26,28). The number of fused-ring (bicyclic) bond motifs is 1. The van der Waals surface area contributed by atoms with Crippen molar-refractivity contribution in [1.29, 1.82) is 0 Å². The minimum Gasteiger partial charge on any atom is -0.436 e. The summed E-state index contributed by atoms with van der Waals surface area (Å²) in [5.74, 6) is 0.00499. The predicted molar refractivity (Wildman–Crippen MR) is 118 cm³/mol. The molecule has 3 aromatic carbocycles. The molecule has 29 heavy (non-hydrogen) atoms. The largest absolute Gasteiger partial charge is 0.436 e. The number of anilines is 1. The number of carbonyl (C=O) groups excluding carboxylic acids is 1. The highest BCUT2D eigenvalue weighted by molar-refractivity contribution is 6.36. The Balaban J connectivity index is 1.70. The van der Waals surface area contributed by atoms with Crippen molar-refractivity contribution in [2.75, 3.05) is 5.32 Å². The summed E-state index contributed by atoms with van der Waals surface area (Å²) >= 11 is 18.5. The monoisotopic (exact) mass is 444 g/mol. The Labute approximate surface area is 182 Å². The lowest BCUT2D eigenvalue weighted by Crippen LogP contribution is -2.12. The number of nitrogens with one attached hydrogen (secondary N) is 1. The average Bonchev–Trinajstić information content (AvgIpc) is 3.09. The number of rotatable bonds is 3. The molecule has 0 aliphatic heterocycles. The summed E-state index contributed by atoms with van der Waals surface area (Å²) in [4.78, 5) is 17.2. The van der Waals surface area contributed by atoms with Crippen LogP contribution in [0.3, 0.4) is 0 Å². The van der Waals surface area contributed by atoms with Crippen LogP contribution in [0.1, 0.15) is 21.5 Å². The quantitative estimate of drug-likeness (QED) is 0.359. The van der Waals surface area contributed by atoms with Gasteiger partial charge in [0.15, 0.2) is 5.58 Å². The lowest BCUT2D eigenvalue weighted by atomic mass is 10.1. The topological polar surface area (TPSA) is 55.1 Å². The van der Waals surface area contributed by atoms with Gasteiger partial charge in [-0.25, -0.2) is 4.98 Å². The van der Waals surface area contributed by atoms with E-state index in [9.17, 15) is 4.79 Å². The maximum Gasteiger partial charge on any atom is 0.257 e. The van der Waals surface area contributed by atoms with Gasteiger partial charge in [0.2, 0.25) is 5.89 Å². The van der Waals surface area contributed by atoms with Crippen molar-refractivity contribution in [3.05, 3.63) is 80.3 Å². The van der Waals surface area contributed by atoms with Gasteiger partial charge in [-0.1, -0.05) is 40.9 Å². The molecule has 0 aliphatic carbocycles. The Bertz CT molecular complexity index is 1260. The van der Waals surface area contributed by atoms with E-state index in [4.69, 9.17) is 39.2 Å². The molecule has 0 saturated carbocycles. The van der Waals surface area contributed by atoms with Crippen molar-refractivity contribution >= 4 is 57.5 Å². The molecule has 4 rings (SSSR count). The van der Waals surface area contributed by atoms with Crippen LogP contribution < -0.4 is 5.32 Å². The number of carbonyl (C=O) groups is 1. The molecule has 1 heterocycles. The maximum absolute atomic E-state index is 12.6. The van der Waals surface area contributed by atoms with Crippen LogP contribution in [-0.4, -0.2) is 10.9 Å². The third kappa shape index (κ3) is 3.97. The minimum atomic E-state index is -0.380. The molecular formula is C22H15Cl3N2O2. The van der Waals surface area contributed by atoms with Crippen molar-refractivity contribution in [3.63, 3.8) is 0 Å². The second kappa shape index (κ2) is 7.71. The van der Waals surface area contributed by atoms with Crippen LogP contribution in [0.15, 0.2) is 52.9 Å². The van der Waals surface area contributed by atoms with Crippen LogP contribution >= 0.6 is 34.8 Å². The second-order valence-corrected chi connectivity index (χ2v) is 7.97. The zero-order chi connectivity index (χ0) is 20.7. The molecule has 0 unspecified atom stereocenters. The summed E-state index contributed by atoms with van der Waals surface area (Å²) in [6, 6.07) is 13.8. The van der Waals surface area contributed by atoms with Crippen molar-refractivity contribution < 1.29 is 9.21 Å². The molecule has 0 saturated heterocycles. The highest BCUT2D eigenvalue weighted by atomic mass is 35.5. The second-order valence-electron chi connectivity index (χ2n) is 6.72. The van der Waals surface area contributed by atoms with E-state index >= 15 is 0 Å².